The monoisotopic (exact) mass is 272 g/mol. The third-order valence-corrected chi connectivity index (χ3v) is 2.61. The first-order valence-corrected chi connectivity index (χ1v) is 5.48. The number of nitro benzene ring substituents is 1. The molecule has 0 aromatic heterocycles. The van der Waals surface area contributed by atoms with Crippen LogP contribution in [-0.2, 0) is 6.42 Å². The number of hydrogen-bond donors (Lipinski definition) is 1. The van der Waals surface area contributed by atoms with Crippen LogP contribution in [0.1, 0.15) is 18.9 Å². The van der Waals surface area contributed by atoms with Crippen LogP contribution < -0.4 is 5.73 Å². The lowest BCUT2D eigenvalue weighted by Gasteiger charge is -2.05. The second-order valence-electron chi connectivity index (χ2n) is 3.55. The molecule has 4 nitrogen and oxygen atoms in total. The van der Waals surface area contributed by atoms with E-state index in [4.69, 9.17) is 5.73 Å². The van der Waals surface area contributed by atoms with E-state index >= 15 is 0 Å². The maximum atomic E-state index is 10.8. The van der Waals surface area contributed by atoms with Crippen molar-refractivity contribution in [3.8, 4) is 0 Å². The molecule has 0 spiro atoms. The summed E-state index contributed by atoms with van der Waals surface area (Å²) in [5.41, 5.74) is 6.51. The van der Waals surface area contributed by atoms with Crippen molar-refractivity contribution in [1.29, 1.82) is 0 Å². The lowest BCUT2D eigenvalue weighted by atomic mass is 10.1. The standard InChI is InChI=1S/C10H13BrN2O2/c1-7(12)2-3-8-4-5-9(11)6-10(8)13(14)15/h4-7H,2-3,12H2,1H3/t7-/m1/s1. The lowest BCUT2D eigenvalue weighted by molar-refractivity contribution is -0.385. The average Bonchev–Trinajstić information content (AvgIpc) is 2.15. The van der Waals surface area contributed by atoms with Gasteiger partial charge in [0, 0.05) is 22.1 Å². The predicted molar refractivity (Wildman–Crippen MR) is 62.8 cm³/mol. The van der Waals surface area contributed by atoms with Gasteiger partial charge in [0.2, 0.25) is 0 Å². The minimum atomic E-state index is -0.360. The highest BCUT2D eigenvalue weighted by molar-refractivity contribution is 9.10. The molecule has 0 heterocycles. The molecule has 0 saturated carbocycles. The van der Waals surface area contributed by atoms with Crippen LogP contribution in [0.2, 0.25) is 0 Å². The van der Waals surface area contributed by atoms with Crippen LogP contribution in [0.25, 0.3) is 0 Å². The van der Waals surface area contributed by atoms with Gasteiger partial charge in [0.15, 0.2) is 0 Å². The molecule has 0 aliphatic rings. The zero-order chi connectivity index (χ0) is 11.4. The SMILES string of the molecule is C[C@@H](N)CCc1ccc(Br)cc1[N+](=O)[O-]. The van der Waals surface area contributed by atoms with Crippen molar-refractivity contribution < 1.29 is 4.92 Å². The van der Waals surface area contributed by atoms with E-state index in [0.717, 1.165) is 16.5 Å². The summed E-state index contributed by atoms with van der Waals surface area (Å²) in [5.74, 6) is 0. The van der Waals surface area contributed by atoms with Crippen molar-refractivity contribution in [2.24, 2.45) is 5.73 Å². The van der Waals surface area contributed by atoms with E-state index in [2.05, 4.69) is 15.9 Å². The van der Waals surface area contributed by atoms with Gasteiger partial charge in [-0.05, 0) is 25.8 Å². The first-order chi connectivity index (χ1) is 7.00. The van der Waals surface area contributed by atoms with Crippen molar-refractivity contribution in [2.75, 3.05) is 0 Å². The third-order valence-electron chi connectivity index (χ3n) is 2.11. The molecular weight excluding hydrogens is 260 g/mol. The number of nitrogens with zero attached hydrogens (tertiary/aromatic N) is 1. The van der Waals surface area contributed by atoms with Gasteiger partial charge in [-0.2, -0.15) is 0 Å². The number of rotatable bonds is 4. The Kier molecular flexibility index (Phi) is 4.23. The van der Waals surface area contributed by atoms with E-state index in [-0.39, 0.29) is 16.7 Å². The quantitative estimate of drug-likeness (QED) is 0.677. The van der Waals surface area contributed by atoms with Gasteiger partial charge in [-0.15, -0.1) is 0 Å². The number of hydrogen-bond acceptors (Lipinski definition) is 3. The van der Waals surface area contributed by atoms with Gasteiger partial charge >= 0.3 is 0 Å². The van der Waals surface area contributed by atoms with Gasteiger partial charge in [0.05, 0.1) is 4.92 Å². The van der Waals surface area contributed by atoms with E-state index in [9.17, 15) is 10.1 Å². The molecule has 0 radical (unpaired) electrons. The molecule has 0 unspecified atom stereocenters. The molecule has 1 rings (SSSR count). The Bertz CT molecular complexity index is 366. The van der Waals surface area contributed by atoms with Crippen molar-refractivity contribution in [3.05, 3.63) is 38.3 Å². The van der Waals surface area contributed by atoms with Gasteiger partial charge in [-0.1, -0.05) is 22.0 Å². The minimum Gasteiger partial charge on any atom is -0.328 e. The summed E-state index contributed by atoms with van der Waals surface area (Å²) < 4.78 is 0.721. The van der Waals surface area contributed by atoms with Crippen molar-refractivity contribution >= 4 is 21.6 Å². The summed E-state index contributed by atoms with van der Waals surface area (Å²) in [5, 5.41) is 10.8. The van der Waals surface area contributed by atoms with E-state index in [1.807, 2.05) is 13.0 Å². The van der Waals surface area contributed by atoms with Crippen LogP contribution in [0, 0.1) is 10.1 Å². The molecule has 0 bridgehead atoms. The van der Waals surface area contributed by atoms with Crippen LogP contribution in [0.4, 0.5) is 5.69 Å². The smallest absolute Gasteiger partial charge is 0.273 e. The molecule has 0 saturated heterocycles. The number of benzene rings is 1. The Hall–Kier alpha value is -0.940. The molecule has 1 aromatic rings. The van der Waals surface area contributed by atoms with E-state index in [1.165, 1.54) is 6.07 Å². The number of aryl methyl sites for hydroxylation is 1. The maximum Gasteiger partial charge on any atom is 0.273 e. The second kappa shape index (κ2) is 5.23. The van der Waals surface area contributed by atoms with Crippen LogP contribution in [0.15, 0.2) is 22.7 Å². The Morgan fingerprint density at radius 2 is 2.27 bits per heavy atom. The summed E-state index contributed by atoms with van der Waals surface area (Å²) >= 11 is 3.22. The minimum absolute atomic E-state index is 0.0632. The molecule has 0 amide bonds. The highest BCUT2D eigenvalue weighted by atomic mass is 79.9. The van der Waals surface area contributed by atoms with Crippen LogP contribution >= 0.6 is 15.9 Å². The second-order valence-corrected chi connectivity index (χ2v) is 4.46. The zero-order valence-electron chi connectivity index (χ0n) is 8.44. The Morgan fingerprint density at radius 3 is 2.80 bits per heavy atom. The van der Waals surface area contributed by atoms with E-state index in [0.29, 0.717) is 6.42 Å². The normalized spacial score (nSPS) is 12.5. The highest BCUT2D eigenvalue weighted by Crippen LogP contribution is 2.24. The van der Waals surface area contributed by atoms with E-state index < -0.39 is 0 Å². The molecule has 15 heavy (non-hydrogen) atoms. The lowest BCUT2D eigenvalue weighted by Crippen LogP contribution is -2.15. The number of nitro groups is 1. The highest BCUT2D eigenvalue weighted by Gasteiger charge is 2.13. The fourth-order valence-corrected chi connectivity index (χ4v) is 1.65. The van der Waals surface area contributed by atoms with Gasteiger partial charge in [-0.25, -0.2) is 0 Å². The van der Waals surface area contributed by atoms with E-state index in [1.54, 1.807) is 6.07 Å². The van der Waals surface area contributed by atoms with Crippen molar-refractivity contribution in [2.45, 2.75) is 25.8 Å². The Balaban J connectivity index is 2.91. The molecule has 82 valence electrons. The molecule has 2 N–H and O–H groups in total. The molecule has 1 aromatic carbocycles. The Labute approximate surface area is 96.8 Å². The molecular formula is C10H13BrN2O2. The summed E-state index contributed by atoms with van der Waals surface area (Å²) in [6.07, 6.45) is 1.39. The number of nitrogens with two attached hydrogens (primary N) is 1. The van der Waals surface area contributed by atoms with Crippen molar-refractivity contribution in [1.82, 2.24) is 0 Å². The summed E-state index contributed by atoms with van der Waals surface area (Å²) in [6.45, 7) is 1.89. The average molecular weight is 273 g/mol. The summed E-state index contributed by atoms with van der Waals surface area (Å²) in [7, 11) is 0. The summed E-state index contributed by atoms with van der Waals surface area (Å²) in [6, 6.07) is 5.17. The van der Waals surface area contributed by atoms with Crippen LogP contribution in [0.3, 0.4) is 0 Å². The molecule has 0 aliphatic carbocycles. The zero-order valence-corrected chi connectivity index (χ0v) is 10.0. The van der Waals surface area contributed by atoms with Crippen LogP contribution in [-0.4, -0.2) is 11.0 Å². The fraction of sp³-hybridized carbons (Fsp3) is 0.400. The third kappa shape index (κ3) is 3.60. The van der Waals surface area contributed by atoms with Gasteiger partial charge in [0.25, 0.3) is 5.69 Å². The van der Waals surface area contributed by atoms with Gasteiger partial charge in [-0.3, -0.25) is 10.1 Å². The van der Waals surface area contributed by atoms with Gasteiger partial charge in [0.1, 0.15) is 0 Å². The molecule has 0 aliphatic heterocycles. The first kappa shape index (κ1) is 12.1. The summed E-state index contributed by atoms with van der Waals surface area (Å²) in [4.78, 5) is 10.4. The van der Waals surface area contributed by atoms with Crippen molar-refractivity contribution in [3.63, 3.8) is 0 Å². The largest absolute Gasteiger partial charge is 0.328 e. The first-order valence-electron chi connectivity index (χ1n) is 4.69. The molecule has 5 heteroatoms. The molecule has 0 fully saturated rings. The fourth-order valence-electron chi connectivity index (χ4n) is 1.30. The molecule has 1 atom stereocenters. The maximum absolute atomic E-state index is 10.8. The topological polar surface area (TPSA) is 69.2 Å². The number of halogens is 1. The van der Waals surface area contributed by atoms with Gasteiger partial charge < -0.3 is 5.73 Å². The predicted octanol–water partition coefficient (Wildman–Crippen LogP) is 2.64. The van der Waals surface area contributed by atoms with Crippen LogP contribution in [0.5, 0.6) is 0 Å². The Morgan fingerprint density at radius 1 is 1.60 bits per heavy atom.